The van der Waals surface area contributed by atoms with E-state index in [1.54, 1.807) is 0 Å². The van der Waals surface area contributed by atoms with Crippen LogP contribution in [0.5, 0.6) is 0 Å². The van der Waals surface area contributed by atoms with E-state index in [1.807, 2.05) is 19.0 Å². The van der Waals surface area contributed by atoms with E-state index in [4.69, 9.17) is 33.2 Å². The predicted octanol–water partition coefficient (Wildman–Crippen LogP) is 12.0. The number of esters is 7. The Balaban J connectivity index is 6.37. The van der Waals surface area contributed by atoms with Gasteiger partial charge in [-0.2, -0.15) is 0 Å². The Morgan fingerprint density at radius 3 is 0.833 bits per heavy atom. The second-order valence-corrected chi connectivity index (χ2v) is 20.6. The van der Waals surface area contributed by atoms with E-state index in [9.17, 15) is 33.6 Å². The summed E-state index contributed by atoms with van der Waals surface area (Å²) in [6.07, 6.45) is 23.6. The van der Waals surface area contributed by atoms with Gasteiger partial charge in [0.1, 0.15) is 51.1 Å². The summed E-state index contributed by atoms with van der Waals surface area (Å²) in [6, 6.07) is 0. The van der Waals surface area contributed by atoms with Crippen LogP contribution in [0, 0.1) is 23.2 Å². The first kappa shape index (κ1) is 68.2. The van der Waals surface area contributed by atoms with Gasteiger partial charge in [-0.25, -0.2) is 0 Å². The molecular weight excluding hydrogens is 923 g/mol. The first-order chi connectivity index (χ1) is 34.7. The van der Waals surface area contributed by atoms with Crippen molar-refractivity contribution >= 4 is 41.8 Å². The molecule has 0 rings (SSSR count). The molecule has 0 saturated heterocycles. The summed E-state index contributed by atoms with van der Waals surface area (Å²) in [5, 5.41) is 0. The second kappa shape index (κ2) is 45.8. The summed E-state index contributed by atoms with van der Waals surface area (Å²) < 4.78 is 39.2. The van der Waals surface area contributed by atoms with E-state index in [-0.39, 0.29) is 44.0 Å². The van der Waals surface area contributed by atoms with Crippen molar-refractivity contribution in [2.75, 3.05) is 66.9 Å². The summed E-state index contributed by atoms with van der Waals surface area (Å²) in [6.45, 7) is 11.7. The van der Waals surface area contributed by atoms with Gasteiger partial charge < -0.3 is 38.1 Å². The van der Waals surface area contributed by atoms with Crippen molar-refractivity contribution in [2.24, 2.45) is 23.2 Å². The molecule has 420 valence electrons. The van der Waals surface area contributed by atoms with E-state index in [0.29, 0.717) is 6.42 Å². The maximum atomic E-state index is 13.3. The van der Waals surface area contributed by atoms with Gasteiger partial charge in [0.15, 0.2) is 0 Å². The smallest absolute Gasteiger partial charge is 0.317 e. The zero-order chi connectivity index (χ0) is 53.7. The van der Waals surface area contributed by atoms with Gasteiger partial charge in [0.2, 0.25) is 0 Å². The molecule has 0 radical (unpaired) electrons. The van der Waals surface area contributed by atoms with Crippen LogP contribution in [0.1, 0.15) is 234 Å². The maximum absolute atomic E-state index is 13.3. The molecule has 15 heteroatoms. The molecule has 0 aromatic carbocycles. The van der Waals surface area contributed by atoms with Crippen LogP contribution in [0.2, 0.25) is 0 Å². The largest absolute Gasteiger partial charge is 0.465 e. The number of carbonyl (C=O) groups is 7. The highest BCUT2D eigenvalue weighted by Gasteiger charge is 2.39. The highest BCUT2D eigenvalue weighted by molar-refractivity contribution is 5.92. The summed E-state index contributed by atoms with van der Waals surface area (Å²) >= 11 is 0. The number of ether oxygens (including phenoxy) is 7. The lowest BCUT2D eigenvalue weighted by molar-refractivity contribution is -0.172. The lowest BCUT2D eigenvalue weighted by Crippen LogP contribution is -2.44. The molecule has 0 bridgehead atoms. The van der Waals surface area contributed by atoms with Crippen molar-refractivity contribution < 1.29 is 66.7 Å². The molecule has 72 heavy (non-hydrogen) atoms. The Morgan fingerprint density at radius 2 is 0.583 bits per heavy atom. The van der Waals surface area contributed by atoms with Crippen LogP contribution in [0.25, 0.3) is 0 Å². The fraction of sp³-hybridized carbons (Fsp3) is 0.877. The van der Waals surface area contributed by atoms with Crippen LogP contribution in [0.15, 0.2) is 0 Å². The first-order valence-electron chi connectivity index (χ1n) is 28.4. The van der Waals surface area contributed by atoms with Gasteiger partial charge in [-0.15, -0.1) is 0 Å². The minimum absolute atomic E-state index is 0.0560. The molecule has 0 aromatic heterocycles. The zero-order valence-electron chi connectivity index (χ0n) is 46.8. The summed E-state index contributed by atoms with van der Waals surface area (Å²) in [5.41, 5.74) is -1.71. The molecule has 0 spiro atoms. The van der Waals surface area contributed by atoms with Gasteiger partial charge in [-0.1, -0.05) is 157 Å². The van der Waals surface area contributed by atoms with Gasteiger partial charge in [0.25, 0.3) is 0 Å². The monoisotopic (exact) mass is 1030 g/mol. The maximum Gasteiger partial charge on any atom is 0.317 e. The van der Waals surface area contributed by atoms with Crippen molar-refractivity contribution in [3.8, 4) is 0 Å². The van der Waals surface area contributed by atoms with Crippen molar-refractivity contribution in [2.45, 2.75) is 234 Å². The lowest BCUT2D eigenvalue weighted by Gasteiger charge is -2.31. The van der Waals surface area contributed by atoms with Gasteiger partial charge in [-0.3, -0.25) is 33.6 Å². The number of hydrogen-bond acceptors (Lipinski definition) is 15. The van der Waals surface area contributed by atoms with Crippen LogP contribution in [0.4, 0.5) is 0 Å². The van der Waals surface area contributed by atoms with Crippen molar-refractivity contribution in [3.05, 3.63) is 0 Å². The number of carbonyl (C=O) groups excluding carboxylic acids is 7. The second-order valence-electron chi connectivity index (χ2n) is 20.6. The highest BCUT2D eigenvalue weighted by atomic mass is 16.6. The topological polar surface area (TPSA) is 187 Å². The van der Waals surface area contributed by atoms with Crippen LogP contribution >= 0.6 is 0 Å². The standard InChI is InChI=1S/C57H103NO14/c1-9-15-21-29-47(30-22-16-10-2)40-66-51(60)37-54(63)70-44-57(43-69-50(59)35-27-28-36-58(7)8,45-71-55(64)38-52(61)67-41-48(31-23-17-11-3)32-24-18-12-4)46-72-56(65)39-53(62)68-42-49(33-25-19-13-5)34-26-20-14-6/h47-49H,9-46H2,1-8H3. The van der Waals surface area contributed by atoms with E-state index in [2.05, 4.69) is 41.5 Å². The lowest BCUT2D eigenvalue weighted by atomic mass is 9.92. The van der Waals surface area contributed by atoms with E-state index in [0.717, 1.165) is 167 Å². The van der Waals surface area contributed by atoms with Crippen LogP contribution in [-0.2, 0) is 66.7 Å². The highest BCUT2D eigenvalue weighted by Crippen LogP contribution is 2.25. The molecule has 15 nitrogen and oxygen atoms in total. The molecule has 0 aliphatic carbocycles. The molecular formula is C57H103NO14. The van der Waals surface area contributed by atoms with Gasteiger partial charge >= 0.3 is 41.8 Å². The Labute approximate surface area is 436 Å². The molecule has 0 aromatic rings. The predicted molar refractivity (Wildman–Crippen MR) is 281 cm³/mol. The molecule has 0 unspecified atom stereocenters. The normalized spacial score (nSPS) is 11.6. The van der Waals surface area contributed by atoms with Crippen LogP contribution < -0.4 is 0 Å². The quantitative estimate of drug-likeness (QED) is 0.0242. The molecule has 0 saturated carbocycles. The van der Waals surface area contributed by atoms with E-state index < -0.39 is 92.9 Å². The molecule has 0 fully saturated rings. The third kappa shape index (κ3) is 39.7. The Morgan fingerprint density at radius 1 is 0.333 bits per heavy atom. The van der Waals surface area contributed by atoms with Crippen molar-refractivity contribution in [1.29, 1.82) is 0 Å². The number of unbranched alkanes of at least 4 members (excludes halogenated alkanes) is 13. The number of rotatable bonds is 49. The number of nitrogens with zero attached hydrogens (tertiary/aromatic N) is 1. The van der Waals surface area contributed by atoms with Crippen molar-refractivity contribution in [1.82, 2.24) is 4.90 Å². The van der Waals surface area contributed by atoms with Gasteiger partial charge in [-0.05, 0) is 89.8 Å². The Hall–Kier alpha value is -3.75. The molecule has 0 aliphatic heterocycles. The van der Waals surface area contributed by atoms with E-state index >= 15 is 0 Å². The summed E-state index contributed by atoms with van der Waals surface area (Å²) in [5.74, 6) is -5.27. The minimum Gasteiger partial charge on any atom is -0.465 e. The average Bonchev–Trinajstić information content (AvgIpc) is 3.34. The molecule has 0 heterocycles. The van der Waals surface area contributed by atoms with Crippen molar-refractivity contribution in [3.63, 3.8) is 0 Å². The van der Waals surface area contributed by atoms with Crippen LogP contribution in [-0.4, -0.2) is 114 Å². The first-order valence-corrected chi connectivity index (χ1v) is 28.4. The Kier molecular flexibility index (Phi) is 43.4. The van der Waals surface area contributed by atoms with Gasteiger partial charge in [0.05, 0.1) is 19.8 Å². The SMILES string of the molecule is CCCCCC(CCCCC)COC(=O)CC(=O)OCC(COC(=O)CCCCN(C)C)(COC(=O)CC(=O)OCC(CCCCC)CCCCC)COC(=O)CC(=O)OCC(CCCCC)CCCCC. The number of hydrogen-bond donors (Lipinski definition) is 0. The molecule has 0 amide bonds. The third-order valence-corrected chi connectivity index (χ3v) is 13.0. The molecule has 0 aliphatic rings. The molecule has 0 N–H and O–H groups in total. The average molecular weight is 1030 g/mol. The zero-order valence-corrected chi connectivity index (χ0v) is 46.8. The minimum atomic E-state index is -1.71. The summed E-state index contributed by atoms with van der Waals surface area (Å²) in [4.78, 5) is 94.0. The Bertz CT molecular complexity index is 1270. The van der Waals surface area contributed by atoms with E-state index in [1.165, 1.54) is 0 Å². The molecule has 0 atom stereocenters. The fourth-order valence-corrected chi connectivity index (χ4v) is 8.28. The van der Waals surface area contributed by atoms with Crippen LogP contribution in [0.3, 0.4) is 0 Å². The van der Waals surface area contributed by atoms with Gasteiger partial charge in [0, 0.05) is 6.42 Å². The summed E-state index contributed by atoms with van der Waals surface area (Å²) in [7, 11) is 3.85. The fourth-order valence-electron chi connectivity index (χ4n) is 8.28. The third-order valence-electron chi connectivity index (χ3n) is 13.0.